The van der Waals surface area contributed by atoms with E-state index in [-0.39, 0.29) is 11.0 Å². The Morgan fingerprint density at radius 1 is 1.10 bits per heavy atom. The average molecular weight is 451 g/mol. The average Bonchev–Trinajstić information content (AvgIpc) is 2.73. The quantitative estimate of drug-likeness (QED) is 0.407. The third kappa shape index (κ3) is 4.76. The van der Waals surface area contributed by atoms with E-state index in [0.29, 0.717) is 22.4 Å². The second-order valence-electron chi connectivity index (χ2n) is 7.71. The van der Waals surface area contributed by atoms with Crippen LogP contribution < -0.4 is 16.0 Å². The van der Waals surface area contributed by atoms with Crippen molar-refractivity contribution >= 4 is 39.8 Å². The van der Waals surface area contributed by atoms with Gasteiger partial charge in [0.25, 0.3) is 0 Å². The molecule has 3 N–H and O–H groups in total. The number of hydrogen-bond donors (Lipinski definition) is 2. The van der Waals surface area contributed by atoms with Crippen molar-refractivity contribution in [3.63, 3.8) is 0 Å². The summed E-state index contributed by atoms with van der Waals surface area (Å²) in [5.74, 6) is 0.407. The van der Waals surface area contributed by atoms with E-state index in [0.717, 1.165) is 43.8 Å². The zero-order chi connectivity index (χ0) is 22.2. The molecule has 0 amide bonds. The van der Waals surface area contributed by atoms with Gasteiger partial charge in [0.15, 0.2) is 5.65 Å². The number of hydrogen-bond acceptors (Lipinski definition) is 6. The summed E-state index contributed by atoms with van der Waals surface area (Å²) >= 11 is 6.07. The van der Waals surface area contributed by atoms with E-state index < -0.39 is 17.8 Å². The predicted octanol–water partition coefficient (Wildman–Crippen LogP) is 5.44. The molecule has 1 saturated heterocycles. The van der Waals surface area contributed by atoms with Gasteiger partial charge in [0.2, 0.25) is 5.28 Å². The number of piperidine rings is 1. The normalized spacial score (nSPS) is 15.8. The van der Waals surface area contributed by atoms with Gasteiger partial charge in [-0.05, 0) is 67.6 Å². The fourth-order valence-electron chi connectivity index (χ4n) is 3.79. The van der Waals surface area contributed by atoms with Gasteiger partial charge in [-0.1, -0.05) is 0 Å². The second kappa shape index (κ2) is 8.37. The van der Waals surface area contributed by atoms with E-state index in [9.17, 15) is 13.2 Å². The number of anilines is 3. The summed E-state index contributed by atoms with van der Waals surface area (Å²) in [5, 5.41) is 3.82. The van der Waals surface area contributed by atoms with E-state index in [1.807, 2.05) is 6.07 Å². The zero-order valence-electron chi connectivity index (χ0n) is 16.9. The maximum Gasteiger partial charge on any atom is 0.416 e. The lowest BCUT2D eigenvalue weighted by Gasteiger charge is -2.28. The molecule has 1 aromatic carbocycles. The number of pyridine rings is 1. The molecule has 0 aliphatic carbocycles. The first-order valence-corrected chi connectivity index (χ1v) is 10.4. The number of alkyl halides is 3. The molecule has 164 valence electrons. The van der Waals surface area contributed by atoms with Crippen molar-refractivity contribution in [1.82, 2.24) is 15.0 Å². The molecule has 1 atom stereocenters. The number of nitrogens with two attached hydrogens (primary N) is 1. The minimum atomic E-state index is -4.48. The number of fused-ring (bicyclic) bond motifs is 1. The van der Waals surface area contributed by atoms with Gasteiger partial charge >= 0.3 is 6.18 Å². The fourth-order valence-corrected chi connectivity index (χ4v) is 3.95. The highest BCUT2D eigenvalue weighted by Gasteiger charge is 2.31. The lowest BCUT2D eigenvalue weighted by Crippen LogP contribution is -2.29. The van der Waals surface area contributed by atoms with Gasteiger partial charge in [-0.25, -0.2) is 9.97 Å². The van der Waals surface area contributed by atoms with Crippen LogP contribution in [0.15, 0.2) is 30.5 Å². The molecule has 0 unspecified atom stereocenters. The van der Waals surface area contributed by atoms with Crippen LogP contribution in [0.2, 0.25) is 5.28 Å². The molecule has 1 aliphatic rings. The molecule has 2 aromatic heterocycles. The summed E-state index contributed by atoms with van der Waals surface area (Å²) < 4.78 is 39.6. The first-order valence-electron chi connectivity index (χ1n) is 10.0. The van der Waals surface area contributed by atoms with Crippen molar-refractivity contribution in [3.8, 4) is 0 Å². The Hall–Kier alpha value is -2.81. The van der Waals surface area contributed by atoms with Gasteiger partial charge in [0.1, 0.15) is 5.82 Å². The van der Waals surface area contributed by atoms with Gasteiger partial charge in [-0.15, -0.1) is 0 Å². The van der Waals surface area contributed by atoms with Crippen LogP contribution in [0.1, 0.15) is 43.4 Å². The molecule has 1 fully saturated rings. The lowest BCUT2D eigenvalue weighted by molar-refractivity contribution is -0.137. The predicted molar refractivity (Wildman–Crippen MR) is 116 cm³/mol. The van der Waals surface area contributed by atoms with Crippen molar-refractivity contribution in [2.75, 3.05) is 29.0 Å². The number of nitrogens with one attached hydrogen (secondary N) is 1. The molecule has 0 bridgehead atoms. The maximum absolute atomic E-state index is 13.2. The SMILES string of the molecule is C[C@@H](Nc1nc(Cl)nc2ncc(N3CCCCC3)cc12)c1cc(N)cc(C(F)(F)F)c1. The first-order chi connectivity index (χ1) is 14.7. The number of aromatic nitrogens is 3. The largest absolute Gasteiger partial charge is 0.416 e. The molecule has 0 spiro atoms. The molecule has 1 aliphatic heterocycles. The second-order valence-corrected chi connectivity index (χ2v) is 8.04. The highest BCUT2D eigenvalue weighted by molar-refractivity contribution is 6.28. The van der Waals surface area contributed by atoms with Crippen LogP contribution in [0, 0.1) is 0 Å². The van der Waals surface area contributed by atoms with Crippen molar-refractivity contribution in [3.05, 3.63) is 46.9 Å². The maximum atomic E-state index is 13.2. The van der Waals surface area contributed by atoms with Crippen LogP contribution in [0.25, 0.3) is 11.0 Å². The van der Waals surface area contributed by atoms with E-state index in [1.165, 1.54) is 12.5 Å². The van der Waals surface area contributed by atoms with Gasteiger partial charge in [-0.2, -0.15) is 18.2 Å². The van der Waals surface area contributed by atoms with Crippen LogP contribution >= 0.6 is 11.6 Å². The van der Waals surface area contributed by atoms with Gasteiger partial charge in [-0.3, -0.25) is 0 Å². The summed E-state index contributed by atoms with van der Waals surface area (Å²) in [6, 6.07) is 4.94. The van der Waals surface area contributed by atoms with Gasteiger partial charge < -0.3 is 16.0 Å². The summed E-state index contributed by atoms with van der Waals surface area (Å²) in [7, 11) is 0. The Kier molecular flexibility index (Phi) is 5.79. The van der Waals surface area contributed by atoms with Gasteiger partial charge in [0.05, 0.1) is 28.9 Å². The molecule has 3 aromatic rings. The van der Waals surface area contributed by atoms with E-state index >= 15 is 0 Å². The minimum Gasteiger partial charge on any atom is -0.399 e. The Morgan fingerprint density at radius 3 is 2.55 bits per heavy atom. The molecule has 6 nitrogen and oxygen atoms in total. The summed E-state index contributed by atoms with van der Waals surface area (Å²) in [5.41, 5.74) is 6.71. The summed E-state index contributed by atoms with van der Waals surface area (Å²) in [6.45, 7) is 3.63. The number of halogens is 4. The Balaban J connectivity index is 1.69. The monoisotopic (exact) mass is 450 g/mol. The van der Waals surface area contributed by atoms with E-state index in [2.05, 4.69) is 25.2 Å². The third-order valence-corrected chi connectivity index (χ3v) is 5.56. The number of rotatable bonds is 4. The first kappa shape index (κ1) is 21.4. The molecule has 3 heterocycles. The van der Waals surface area contributed by atoms with E-state index in [4.69, 9.17) is 17.3 Å². The molecule has 0 saturated carbocycles. The molecular weight excluding hydrogens is 429 g/mol. The van der Waals surface area contributed by atoms with Crippen LogP contribution in [-0.4, -0.2) is 28.0 Å². The Morgan fingerprint density at radius 2 is 1.84 bits per heavy atom. The number of benzene rings is 1. The zero-order valence-corrected chi connectivity index (χ0v) is 17.6. The summed E-state index contributed by atoms with van der Waals surface area (Å²) in [6.07, 6.45) is 0.725. The van der Waals surface area contributed by atoms with Gasteiger partial charge in [0, 0.05) is 18.8 Å². The highest BCUT2D eigenvalue weighted by Crippen LogP contribution is 2.34. The van der Waals surface area contributed by atoms with Crippen molar-refractivity contribution < 1.29 is 13.2 Å². The Bertz CT molecular complexity index is 1100. The molecule has 10 heteroatoms. The number of nitrogen functional groups attached to an aromatic ring is 1. The molecule has 31 heavy (non-hydrogen) atoms. The fraction of sp³-hybridized carbons (Fsp3) is 0.381. The number of nitrogens with zero attached hydrogens (tertiary/aromatic N) is 4. The van der Waals surface area contributed by atoms with Crippen molar-refractivity contribution in [2.24, 2.45) is 0 Å². The standard InChI is InChI=1S/C21H22ClF3N6/c1-12(13-7-14(21(23,24)25)9-15(26)8-13)28-19-17-10-16(31-5-3-2-4-6-31)11-27-18(17)29-20(22)30-19/h7-12H,2-6,26H2,1H3,(H,27,28,29,30)/t12-/m1/s1. The molecule has 4 rings (SSSR count). The minimum absolute atomic E-state index is 0.00368. The van der Waals surface area contributed by atoms with Crippen LogP contribution in [0.3, 0.4) is 0 Å². The van der Waals surface area contributed by atoms with Crippen LogP contribution in [0.5, 0.6) is 0 Å². The molecular formula is C21H22ClF3N6. The Labute approximate surface area is 182 Å². The molecule has 0 radical (unpaired) electrons. The lowest BCUT2D eigenvalue weighted by atomic mass is 10.0. The summed E-state index contributed by atoms with van der Waals surface area (Å²) in [4.78, 5) is 15.1. The van der Waals surface area contributed by atoms with Crippen molar-refractivity contribution in [1.29, 1.82) is 0 Å². The van der Waals surface area contributed by atoms with Crippen molar-refractivity contribution in [2.45, 2.75) is 38.4 Å². The van der Waals surface area contributed by atoms with E-state index in [1.54, 1.807) is 13.1 Å². The smallest absolute Gasteiger partial charge is 0.399 e. The highest BCUT2D eigenvalue weighted by atomic mass is 35.5. The third-order valence-electron chi connectivity index (χ3n) is 5.39. The van der Waals surface area contributed by atoms with Crippen LogP contribution in [0.4, 0.5) is 30.4 Å². The topological polar surface area (TPSA) is 80.0 Å². The van der Waals surface area contributed by atoms with Crippen LogP contribution in [-0.2, 0) is 6.18 Å².